The molecule has 0 spiro atoms. The number of ether oxygens (including phenoxy) is 4. The van der Waals surface area contributed by atoms with E-state index in [2.05, 4.69) is 49.0 Å². The van der Waals surface area contributed by atoms with Gasteiger partial charge in [0, 0.05) is 65.7 Å². The first-order chi connectivity index (χ1) is 42.8. The van der Waals surface area contributed by atoms with E-state index in [1.54, 1.807) is 0 Å². The van der Waals surface area contributed by atoms with Gasteiger partial charge in [-0.2, -0.15) is 0 Å². The molecule has 4 N–H and O–H groups in total. The van der Waals surface area contributed by atoms with E-state index in [4.69, 9.17) is 18.9 Å². The van der Waals surface area contributed by atoms with E-state index < -0.39 is 0 Å². The molecule has 0 saturated carbocycles. The molecule has 8 nitrogen and oxygen atoms in total. The van der Waals surface area contributed by atoms with Crippen LogP contribution in [0.4, 0.5) is 0 Å². The van der Waals surface area contributed by atoms with Crippen molar-refractivity contribution in [1.82, 2.24) is 21.3 Å². The summed E-state index contributed by atoms with van der Waals surface area (Å²) in [5.74, 6) is 0. The van der Waals surface area contributed by atoms with Crippen molar-refractivity contribution in [1.29, 1.82) is 0 Å². The van der Waals surface area contributed by atoms with Crippen LogP contribution in [-0.2, 0) is 18.9 Å². The van der Waals surface area contributed by atoms with Crippen LogP contribution in [0.1, 0.15) is 400 Å². The average Bonchev–Trinajstić information content (AvgIpc) is 3.52. The predicted molar refractivity (Wildman–Crippen MR) is 383 cm³/mol. The SMILES string of the molecule is CCCCCCCCCCCCCCCCOCC(CNCCCCNCCNCCNCC(COCCCCCCCCCCCCCCCC)OCCCCCCCCCCCCCCCC)OCCCCCCCCCCCCCCCC. The molecule has 0 heterocycles. The van der Waals surface area contributed by atoms with Gasteiger partial charge in [-0.05, 0) is 51.6 Å². The van der Waals surface area contributed by atoms with Crippen LogP contribution in [0.25, 0.3) is 0 Å². The molecule has 518 valence electrons. The number of hydrogen-bond donors (Lipinski definition) is 4. The molecule has 86 heavy (non-hydrogen) atoms. The molecule has 0 rings (SSSR count). The van der Waals surface area contributed by atoms with Crippen molar-refractivity contribution < 1.29 is 18.9 Å². The summed E-state index contributed by atoms with van der Waals surface area (Å²) >= 11 is 0. The minimum absolute atomic E-state index is 0.133. The van der Waals surface area contributed by atoms with E-state index in [1.807, 2.05) is 0 Å². The summed E-state index contributed by atoms with van der Waals surface area (Å²) in [4.78, 5) is 0. The van der Waals surface area contributed by atoms with Crippen LogP contribution in [-0.4, -0.2) is 104 Å². The molecule has 0 saturated heterocycles. The Morgan fingerprint density at radius 1 is 0.186 bits per heavy atom. The van der Waals surface area contributed by atoms with Crippen LogP contribution < -0.4 is 21.3 Å². The maximum absolute atomic E-state index is 6.47. The number of unbranched alkanes of at least 4 members (excludes halogenated alkanes) is 53. The lowest BCUT2D eigenvalue weighted by Gasteiger charge is -2.19. The largest absolute Gasteiger partial charge is 0.379 e. The lowest BCUT2D eigenvalue weighted by molar-refractivity contribution is -0.0175. The Labute approximate surface area is 541 Å². The zero-order valence-corrected chi connectivity index (χ0v) is 59.7. The highest BCUT2D eigenvalue weighted by atomic mass is 16.5. The standard InChI is InChI=1S/C78H162N4O4/c1-5-9-13-17-21-25-29-33-37-41-45-49-53-59-69-83-75-77(85-71-61-55-51-47-43-39-35-31-27-23-19-15-11-7-3)73-81-64-58-57-63-79-65-66-80-67-68-82-74-78(86-72-62-56-52-48-44-40-36-32-28-24-20-16-12-8-4)76-84-70-60-54-50-46-42-38-34-30-26-22-18-14-10-6-2/h77-82H,5-76H2,1-4H3. The fraction of sp³-hybridized carbons (Fsp3) is 1.00. The third-order valence-corrected chi connectivity index (χ3v) is 18.3. The summed E-state index contributed by atoms with van der Waals surface area (Å²) in [6.07, 6.45) is 80.6. The molecule has 0 radical (unpaired) electrons. The van der Waals surface area contributed by atoms with Crippen LogP contribution in [0, 0.1) is 0 Å². The topological polar surface area (TPSA) is 85.0 Å². The highest BCUT2D eigenvalue weighted by molar-refractivity contribution is 4.66. The number of hydrogen-bond acceptors (Lipinski definition) is 8. The Bertz CT molecular complexity index is 1070. The Balaban J connectivity index is 4.38. The van der Waals surface area contributed by atoms with Gasteiger partial charge < -0.3 is 40.2 Å². The first-order valence-electron chi connectivity index (χ1n) is 40.0. The third-order valence-electron chi connectivity index (χ3n) is 18.3. The van der Waals surface area contributed by atoms with Gasteiger partial charge >= 0.3 is 0 Å². The molecule has 2 unspecified atom stereocenters. The van der Waals surface area contributed by atoms with Crippen molar-refractivity contribution in [2.45, 2.75) is 412 Å². The molecule has 0 fully saturated rings. The molecular weight excluding hydrogens is 1060 g/mol. The van der Waals surface area contributed by atoms with E-state index in [9.17, 15) is 0 Å². The highest BCUT2D eigenvalue weighted by Crippen LogP contribution is 2.18. The maximum atomic E-state index is 6.47. The summed E-state index contributed by atoms with van der Waals surface area (Å²) < 4.78 is 25.4. The molecule has 2 atom stereocenters. The van der Waals surface area contributed by atoms with Gasteiger partial charge in [0.25, 0.3) is 0 Å². The van der Waals surface area contributed by atoms with Gasteiger partial charge in [-0.25, -0.2) is 0 Å². The van der Waals surface area contributed by atoms with Gasteiger partial charge in [0.2, 0.25) is 0 Å². The van der Waals surface area contributed by atoms with E-state index >= 15 is 0 Å². The minimum Gasteiger partial charge on any atom is -0.379 e. The third kappa shape index (κ3) is 76.1. The lowest BCUT2D eigenvalue weighted by Crippen LogP contribution is -2.38. The number of nitrogens with one attached hydrogen (secondary N) is 4. The van der Waals surface area contributed by atoms with Gasteiger partial charge in [-0.3, -0.25) is 0 Å². The smallest absolute Gasteiger partial charge is 0.0932 e. The van der Waals surface area contributed by atoms with Crippen molar-refractivity contribution >= 4 is 0 Å². The molecule has 0 aliphatic heterocycles. The predicted octanol–water partition coefficient (Wildman–Crippen LogP) is 22.9. The van der Waals surface area contributed by atoms with Crippen LogP contribution in [0.2, 0.25) is 0 Å². The van der Waals surface area contributed by atoms with Gasteiger partial charge in [0.15, 0.2) is 0 Å². The fourth-order valence-electron chi connectivity index (χ4n) is 12.3. The quantitative estimate of drug-likeness (QED) is 0.0448. The first kappa shape index (κ1) is 85.7. The second kappa shape index (κ2) is 80.8. The maximum Gasteiger partial charge on any atom is 0.0932 e. The average molecular weight is 1220 g/mol. The van der Waals surface area contributed by atoms with Gasteiger partial charge in [-0.15, -0.1) is 0 Å². The van der Waals surface area contributed by atoms with Crippen LogP contribution in [0.3, 0.4) is 0 Å². The zero-order chi connectivity index (χ0) is 61.7. The zero-order valence-electron chi connectivity index (χ0n) is 59.7. The molecule has 0 aromatic heterocycles. The van der Waals surface area contributed by atoms with E-state index in [0.717, 1.165) is 85.4 Å². The molecule has 0 aliphatic rings. The molecule has 0 aromatic rings. The van der Waals surface area contributed by atoms with Crippen molar-refractivity contribution in [3.05, 3.63) is 0 Å². The summed E-state index contributed by atoms with van der Waals surface area (Å²) in [6.45, 7) is 21.9. The Hall–Kier alpha value is -0.320. The van der Waals surface area contributed by atoms with Crippen LogP contribution in [0.15, 0.2) is 0 Å². The summed E-state index contributed by atoms with van der Waals surface area (Å²) in [6, 6.07) is 0. The van der Waals surface area contributed by atoms with Crippen molar-refractivity contribution in [2.75, 3.05) is 92.0 Å². The van der Waals surface area contributed by atoms with E-state index in [-0.39, 0.29) is 12.2 Å². The summed E-state index contributed by atoms with van der Waals surface area (Å²) in [5.41, 5.74) is 0. The Morgan fingerprint density at radius 2 is 0.372 bits per heavy atom. The molecule has 0 amide bonds. The van der Waals surface area contributed by atoms with Crippen molar-refractivity contribution in [3.63, 3.8) is 0 Å². The normalized spacial score (nSPS) is 12.6. The first-order valence-corrected chi connectivity index (χ1v) is 40.0. The molecule has 8 heteroatoms. The number of rotatable bonds is 81. The Morgan fingerprint density at radius 3 is 0.628 bits per heavy atom. The highest BCUT2D eigenvalue weighted by Gasteiger charge is 2.11. The second-order valence-electron chi connectivity index (χ2n) is 27.1. The summed E-state index contributed by atoms with van der Waals surface area (Å²) in [5, 5.41) is 14.7. The van der Waals surface area contributed by atoms with Crippen LogP contribution in [0.5, 0.6) is 0 Å². The molecular formula is C78H162N4O4. The van der Waals surface area contributed by atoms with E-state index in [1.165, 1.54) is 372 Å². The summed E-state index contributed by atoms with van der Waals surface area (Å²) in [7, 11) is 0. The van der Waals surface area contributed by atoms with Gasteiger partial charge in [-0.1, -0.05) is 362 Å². The molecule has 0 aliphatic carbocycles. The Kier molecular flexibility index (Phi) is 80.5. The van der Waals surface area contributed by atoms with Gasteiger partial charge in [0.1, 0.15) is 0 Å². The monoisotopic (exact) mass is 1220 g/mol. The van der Waals surface area contributed by atoms with Crippen LogP contribution >= 0.6 is 0 Å². The fourth-order valence-corrected chi connectivity index (χ4v) is 12.3. The lowest BCUT2D eigenvalue weighted by atomic mass is 10.0. The van der Waals surface area contributed by atoms with Gasteiger partial charge in [0.05, 0.1) is 25.4 Å². The van der Waals surface area contributed by atoms with Crippen molar-refractivity contribution in [3.8, 4) is 0 Å². The second-order valence-corrected chi connectivity index (χ2v) is 27.1. The van der Waals surface area contributed by atoms with Crippen molar-refractivity contribution in [2.24, 2.45) is 0 Å². The minimum atomic E-state index is 0.133. The molecule has 0 bridgehead atoms. The van der Waals surface area contributed by atoms with E-state index in [0.29, 0.717) is 6.61 Å². The molecule has 0 aromatic carbocycles.